The molecule has 0 amide bonds. The first kappa shape index (κ1) is 28.0. The molecule has 0 aliphatic carbocycles. The maximum absolute atomic E-state index is 10.9. The zero-order valence-electron chi connectivity index (χ0n) is 22.1. The highest BCUT2D eigenvalue weighted by molar-refractivity contribution is 6.76. The third-order valence-electron chi connectivity index (χ3n) is 7.08. The Balaban J connectivity index is 0.000000392. The fourth-order valence-electron chi connectivity index (χ4n) is 5.17. The van der Waals surface area contributed by atoms with E-state index in [-0.39, 0.29) is 5.41 Å². The Labute approximate surface area is 216 Å². The highest BCUT2D eigenvalue weighted by Gasteiger charge is 2.41. The van der Waals surface area contributed by atoms with Crippen molar-refractivity contribution in [3.05, 3.63) is 30.1 Å². The minimum atomic E-state index is -0.803. The van der Waals surface area contributed by atoms with Crippen LogP contribution in [-0.4, -0.2) is 88.8 Å². The summed E-state index contributed by atoms with van der Waals surface area (Å²) in [7, 11) is 2.63. The molecule has 1 radical (unpaired) electrons. The van der Waals surface area contributed by atoms with Crippen molar-refractivity contribution in [2.24, 2.45) is 5.41 Å². The van der Waals surface area contributed by atoms with Crippen molar-refractivity contribution in [2.45, 2.75) is 44.9 Å². The molecule has 3 N–H and O–H groups in total. The van der Waals surface area contributed by atoms with Crippen LogP contribution in [0.3, 0.4) is 0 Å². The molecule has 2 aromatic rings. The Bertz CT molecular complexity index is 1080. The van der Waals surface area contributed by atoms with Crippen LogP contribution < -0.4 is 4.90 Å². The second kappa shape index (κ2) is 12.6. The lowest BCUT2D eigenvalue weighted by molar-refractivity contribution is 0.214. The van der Waals surface area contributed by atoms with E-state index in [2.05, 4.69) is 45.4 Å². The van der Waals surface area contributed by atoms with Gasteiger partial charge in [0.05, 0.1) is 6.19 Å². The zero-order valence-corrected chi connectivity index (χ0v) is 23.1. The van der Waals surface area contributed by atoms with Gasteiger partial charge in [-0.2, -0.15) is 0 Å². The molecule has 36 heavy (non-hydrogen) atoms. The molecule has 8 nitrogen and oxygen atoms in total. The van der Waals surface area contributed by atoms with E-state index in [1.165, 1.54) is 24.9 Å². The van der Waals surface area contributed by atoms with Gasteiger partial charge in [-0.3, -0.25) is 0 Å². The van der Waals surface area contributed by atoms with Gasteiger partial charge in [0.25, 0.3) is 7.41 Å². The zero-order chi connectivity index (χ0) is 26.2. The van der Waals surface area contributed by atoms with E-state index in [9.17, 15) is 4.79 Å². The third-order valence-corrected chi connectivity index (χ3v) is 8.78. The third kappa shape index (κ3) is 7.02. The van der Waals surface area contributed by atoms with E-state index in [0.29, 0.717) is 5.57 Å². The first-order valence-corrected chi connectivity index (χ1v) is 16.4. The summed E-state index contributed by atoms with van der Waals surface area (Å²) in [5, 5.41) is 16.1. The van der Waals surface area contributed by atoms with Crippen molar-refractivity contribution in [1.82, 2.24) is 14.8 Å². The SMILES string of the molecule is COCC[Si](C)(C)C.N=C/C=C(\C=N)c1c[nH]c2nccc(N3CCCC4(CCN([B]C=O)C4)C3)c12. The number of aromatic amines is 1. The fourth-order valence-corrected chi connectivity index (χ4v) is 5.99. The van der Waals surface area contributed by atoms with Crippen LogP contribution in [0.2, 0.25) is 25.7 Å². The van der Waals surface area contributed by atoms with Crippen LogP contribution in [0.5, 0.6) is 0 Å². The molecule has 2 fully saturated rings. The molecule has 2 aliphatic rings. The number of aromatic nitrogens is 2. The molecular weight excluding hydrogens is 467 g/mol. The van der Waals surface area contributed by atoms with Crippen LogP contribution in [0, 0.1) is 16.2 Å². The number of H-pyrrole nitrogens is 1. The molecule has 10 heteroatoms. The number of rotatable bonds is 9. The summed E-state index contributed by atoms with van der Waals surface area (Å²) in [5.41, 5.74) is 3.72. The minimum Gasteiger partial charge on any atom is -0.385 e. The molecule has 1 atom stereocenters. The number of nitrogens with one attached hydrogen (secondary N) is 3. The Morgan fingerprint density at radius 2 is 2.08 bits per heavy atom. The van der Waals surface area contributed by atoms with E-state index in [1.807, 2.05) is 12.4 Å². The quantitative estimate of drug-likeness (QED) is 0.266. The average molecular weight is 508 g/mol. The predicted molar refractivity (Wildman–Crippen MR) is 154 cm³/mol. The van der Waals surface area contributed by atoms with Gasteiger partial charge >= 0.3 is 0 Å². The summed E-state index contributed by atoms with van der Waals surface area (Å²) in [6.07, 6.45) is 12.1. The van der Waals surface area contributed by atoms with Gasteiger partial charge in [-0.1, -0.05) is 19.6 Å². The largest absolute Gasteiger partial charge is 0.385 e. The van der Waals surface area contributed by atoms with Gasteiger partial charge < -0.3 is 35.0 Å². The molecular formula is C26H40BN6O2Si. The van der Waals surface area contributed by atoms with E-state index in [1.54, 1.807) is 20.6 Å². The highest BCUT2D eigenvalue weighted by atomic mass is 28.3. The summed E-state index contributed by atoms with van der Waals surface area (Å²) in [6.45, 7) is 11.8. The average Bonchev–Trinajstić information content (AvgIpc) is 3.45. The van der Waals surface area contributed by atoms with Crippen molar-refractivity contribution in [1.29, 1.82) is 10.8 Å². The normalized spacial score (nSPS) is 20.8. The van der Waals surface area contributed by atoms with Crippen molar-refractivity contribution in [3.63, 3.8) is 0 Å². The van der Waals surface area contributed by atoms with Gasteiger partial charge in [-0.05, 0) is 50.5 Å². The van der Waals surface area contributed by atoms with Gasteiger partial charge in [-0.25, -0.2) is 4.98 Å². The number of hydrogen-bond acceptors (Lipinski definition) is 7. The molecule has 4 heterocycles. The first-order valence-electron chi connectivity index (χ1n) is 12.7. The second-order valence-electron chi connectivity index (χ2n) is 11.0. The van der Waals surface area contributed by atoms with E-state index in [4.69, 9.17) is 15.6 Å². The van der Waals surface area contributed by atoms with Crippen molar-refractivity contribution in [2.75, 3.05) is 44.8 Å². The van der Waals surface area contributed by atoms with Gasteiger partial charge in [0, 0.05) is 87.3 Å². The monoisotopic (exact) mass is 507 g/mol. The number of pyridine rings is 1. The van der Waals surface area contributed by atoms with Gasteiger partial charge in [0.1, 0.15) is 5.65 Å². The number of piperidine rings is 1. The predicted octanol–water partition coefficient (Wildman–Crippen LogP) is 4.32. The second-order valence-corrected chi connectivity index (χ2v) is 16.6. The first-order chi connectivity index (χ1) is 17.3. The Morgan fingerprint density at radius 3 is 2.72 bits per heavy atom. The Morgan fingerprint density at radius 1 is 1.28 bits per heavy atom. The molecule has 0 bridgehead atoms. The minimum absolute atomic E-state index is 0.207. The molecule has 0 aromatic carbocycles. The van der Waals surface area contributed by atoms with Crippen molar-refractivity contribution in [3.8, 4) is 0 Å². The molecule has 193 valence electrons. The molecule has 2 aromatic heterocycles. The van der Waals surface area contributed by atoms with Crippen LogP contribution in [-0.2, 0) is 9.53 Å². The standard InChI is InChI=1S/C20H24BN6O.C6H16OSi/c22-6-2-15(10-23)16-11-25-19-18(16)17(3-7-24-19)26-8-1-4-20(12-26)5-9-27(13-20)21-14-28;1-7-5-6-8(2,3)4/h2-3,6-7,10-11,14,22-23H,1,4-5,8-9,12-13H2,(H,24,25);5-6H2,1-4H3/b15-2+,22-6?,23-10?;. The number of fused-ring (bicyclic) bond motifs is 1. The van der Waals surface area contributed by atoms with Crippen LogP contribution in [0.15, 0.2) is 24.5 Å². The molecule has 2 saturated heterocycles. The fraction of sp³-hybridized carbons (Fsp3) is 0.538. The smallest absolute Gasteiger partial charge is 0.293 e. The van der Waals surface area contributed by atoms with E-state index in [0.717, 1.165) is 74.1 Å². The lowest BCUT2D eigenvalue weighted by atomic mass is 9.78. The van der Waals surface area contributed by atoms with E-state index < -0.39 is 8.07 Å². The van der Waals surface area contributed by atoms with Gasteiger partial charge in [0.15, 0.2) is 0 Å². The van der Waals surface area contributed by atoms with Gasteiger partial charge in [-0.15, -0.1) is 0 Å². The Hall–Kier alpha value is -2.56. The number of ether oxygens (including phenoxy) is 1. The van der Waals surface area contributed by atoms with Crippen LogP contribution in [0.1, 0.15) is 24.8 Å². The van der Waals surface area contributed by atoms with Crippen LogP contribution in [0.4, 0.5) is 5.69 Å². The maximum Gasteiger partial charge on any atom is 0.293 e. The molecule has 4 rings (SSSR count). The summed E-state index contributed by atoms with van der Waals surface area (Å²) in [5.74, 6) is 0. The topological polar surface area (TPSA) is 109 Å². The lowest BCUT2D eigenvalue weighted by Gasteiger charge is -2.42. The maximum atomic E-state index is 10.9. The number of carbonyl (C=O) groups excluding carboxylic acids is 1. The molecule has 1 spiro atoms. The number of anilines is 1. The van der Waals surface area contributed by atoms with Crippen LogP contribution in [0.25, 0.3) is 16.6 Å². The summed E-state index contributed by atoms with van der Waals surface area (Å²) >= 11 is 0. The Kier molecular flexibility index (Phi) is 9.81. The lowest BCUT2D eigenvalue weighted by Crippen LogP contribution is -2.45. The summed E-state index contributed by atoms with van der Waals surface area (Å²) < 4.78 is 4.95. The van der Waals surface area contributed by atoms with Crippen LogP contribution >= 0.6 is 0 Å². The van der Waals surface area contributed by atoms with Crippen molar-refractivity contribution >= 4 is 56.4 Å². The number of nitrogens with zero attached hydrogens (tertiary/aromatic N) is 3. The number of allylic oxidation sites excluding steroid dienone is 2. The van der Waals surface area contributed by atoms with Crippen molar-refractivity contribution < 1.29 is 9.53 Å². The van der Waals surface area contributed by atoms with E-state index >= 15 is 0 Å². The number of hydrogen-bond donors (Lipinski definition) is 3. The number of methoxy groups -OCH3 is 1. The number of carbonyl (C=O) groups is 1. The molecule has 2 aliphatic heterocycles. The molecule has 1 unspecified atom stereocenters. The molecule has 0 saturated carbocycles. The van der Waals surface area contributed by atoms with Gasteiger partial charge in [0.2, 0.25) is 0 Å². The highest BCUT2D eigenvalue weighted by Crippen LogP contribution is 2.42. The summed E-state index contributed by atoms with van der Waals surface area (Å²) in [4.78, 5) is 23.1. The summed E-state index contributed by atoms with van der Waals surface area (Å²) in [6, 6.07) is 3.33.